The topological polar surface area (TPSA) is 57.6 Å². The Morgan fingerprint density at radius 3 is 2.15 bits per heavy atom. The van der Waals surface area contributed by atoms with Gasteiger partial charge in [0.25, 0.3) is 5.91 Å². The van der Waals surface area contributed by atoms with Crippen molar-refractivity contribution >= 4 is 11.9 Å². The van der Waals surface area contributed by atoms with Crippen molar-refractivity contribution in [3.8, 4) is 0 Å². The normalized spacial score (nSPS) is 16.3. The Kier molecular flexibility index (Phi) is 5.40. The van der Waals surface area contributed by atoms with E-state index in [2.05, 4.69) is 6.92 Å². The molecule has 136 valence electrons. The first-order valence-corrected chi connectivity index (χ1v) is 9.24. The third-order valence-corrected chi connectivity index (χ3v) is 5.38. The van der Waals surface area contributed by atoms with Gasteiger partial charge in [-0.2, -0.15) is 0 Å². The smallest absolute Gasteiger partial charge is 0.314 e. The second kappa shape index (κ2) is 7.73. The fraction of sp³-hybridized carbons (Fsp3) is 0.364. The molecule has 0 aromatic heterocycles. The average Bonchev–Trinajstić information content (AvgIpc) is 2.69. The lowest BCUT2D eigenvalue weighted by molar-refractivity contribution is -0.145. The zero-order valence-corrected chi connectivity index (χ0v) is 15.1. The Hall–Kier alpha value is -2.62. The zero-order chi connectivity index (χ0) is 18.6. The van der Waals surface area contributed by atoms with Crippen LogP contribution in [-0.2, 0) is 16.6 Å². The highest BCUT2D eigenvalue weighted by molar-refractivity contribution is 5.94. The quantitative estimate of drug-likeness (QED) is 0.889. The molecular weight excluding hydrogens is 326 g/mol. The number of nitrogens with zero attached hydrogens (tertiary/aromatic N) is 1. The summed E-state index contributed by atoms with van der Waals surface area (Å²) in [5.41, 5.74) is 1.83. The zero-order valence-electron chi connectivity index (χ0n) is 15.1. The highest BCUT2D eigenvalue weighted by Gasteiger charge is 2.43. The molecule has 1 amide bonds. The summed E-state index contributed by atoms with van der Waals surface area (Å²) in [6.45, 7) is 3.04. The molecule has 3 rings (SSSR count). The van der Waals surface area contributed by atoms with E-state index in [9.17, 15) is 14.7 Å². The van der Waals surface area contributed by atoms with Gasteiger partial charge in [-0.3, -0.25) is 9.59 Å². The largest absolute Gasteiger partial charge is 0.481 e. The van der Waals surface area contributed by atoms with E-state index in [-0.39, 0.29) is 5.91 Å². The molecule has 1 fully saturated rings. The number of carbonyl (C=O) groups excluding carboxylic acids is 1. The molecule has 2 aromatic rings. The molecule has 1 aliphatic heterocycles. The first-order chi connectivity index (χ1) is 12.6. The predicted octanol–water partition coefficient (Wildman–Crippen LogP) is 3.90. The second-order valence-electron chi connectivity index (χ2n) is 6.99. The van der Waals surface area contributed by atoms with Crippen LogP contribution < -0.4 is 0 Å². The molecule has 1 saturated heterocycles. The first kappa shape index (κ1) is 18.2. The first-order valence-electron chi connectivity index (χ1n) is 9.24. The number of amides is 1. The number of hydrogen-bond donors (Lipinski definition) is 1. The van der Waals surface area contributed by atoms with Crippen molar-refractivity contribution in [2.45, 2.75) is 38.0 Å². The summed E-state index contributed by atoms with van der Waals surface area (Å²) in [5, 5.41) is 9.86. The summed E-state index contributed by atoms with van der Waals surface area (Å²) in [4.78, 5) is 26.6. The van der Waals surface area contributed by atoms with Crippen molar-refractivity contribution in [2.75, 3.05) is 13.1 Å². The van der Waals surface area contributed by atoms with Crippen LogP contribution in [0.15, 0.2) is 54.6 Å². The number of carboxylic acid groups (broad SMARTS) is 1. The number of likely N-dealkylation sites (tertiary alicyclic amines) is 1. The fourth-order valence-electron chi connectivity index (χ4n) is 3.76. The van der Waals surface area contributed by atoms with Gasteiger partial charge in [0.05, 0.1) is 5.41 Å². The molecule has 0 atom stereocenters. The maximum atomic E-state index is 12.8. The van der Waals surface area contributed by atoms with Gasteiger partial charge in [-0.15, -0.1) is 0 Å². The Balaban J connectivity index is 1.72. The maximum absolute atomic E-state index is 12.8. The number of rotatable bonds is 5. The number of aryl methyl sites for hydroxylation is 1. The number of piperidine rings is 1. The van der Waals surface area contributed by atoms with Gasteiger partial charge < -0.3 is 10.0 Å². The molecule has 0 bridgehead atoms. The van der Waals surface area contributed by atoms with Gasteiger partial charge in [0, 0.05) is 18.7 Å². The van der Waals surface area contributed by atoms with E-state index in [0.717, 1.165) is 18.4 Å². The number of aliphatic carboxylic acids is 1. The van der Waals surface area contributed by atoms with Crippen molar-refractivity contribution in [1.29, 1.82) is 0 Å². The van der Waals surface area contributed by atoms with Gasteiger partial charge in [0.1, 0.15) is 0 Å². The summed E-state index contributed by atoms with van der Waals surface area (Å²) in [6, 6.07) is 17.1. The van der Waals surface area contributed by atoms with Crippen LogP contribution in [0, 0.1) is 0 Å². The minimum atomic E-state index is -0.900. The number of hydrogen-bond acceptors (Lipinski definition) is 2. The van der Waals surface area contributed by atoms with E-state index in [4.69, 9.17) is 0 Å². The van der Waals surface area contributed by atoms with Crippen molar-refractivity contribution in [2.24, 2.45) is 0 Å². The van der Waals surface area contributed by atoms with Crippen LogP contribution in [0.3, 0.4) is 0 Å². The Morgan fingerprint density at radius 1 is 1.00 bits per heavy atom. The fourth-order valence-corrected chi connectivity index (χ4v) is 3.76. The summed E-state index contributed by atoms with van der Waals surface area (Å²) < 4.78 is 0. The van der Waals surface area contributed by atoms with Crippen LogP contribution in [0.5, 0.6) is 0 Å². The molecular formula is C22H25NO3. The van der Waals surface area contributed by atoms with Crippen LogP contribution >= 0.6 is 0 Å². The second-order valence-corrected chi connectivity index (χ2v) is 6.99. The molecule has 1 N–H and O–H groups in total. The summed E-state index contributed by atoms with van der Waals surface area (Å²) >= 11 is 0. The van der Waals surface area contributed by atoms with Crippen molar-refractivity contribution in [3.63, 3.8) is 0 Å². The number of carbonyl (C=O) groups is 2. The van der Waals surface area contributed by atoms with Crippen molar-refractivity contribution < 1.29 is 14.7 Å². The molecule has 0 saturated carbocycles. The summed E-state index contributed by atoms with van der Waals surface area (Å²) in [6.07, 6.45) is 2.96. The highest BCUT2D eigenvalue weighted by Crippen LogP contribution is 2.36. The molecule has 4 heteroatoms. The standard InChI is InChI=1S/C22H25NO3/c1-2-6-17-9-11-18(12-10-17)20(24)23-15-13-22(14-16-23,21(25)26)19-7-4-3-5-8-19/h3-5,7-12H,2,6,13-16H2,1H3,(H,25,26). The molecule has 0 unspecified atom stereocenters. The minimum absolute atomic E-state index is 0.0138. The molecule has 26 heavy (non-hydrogen) atoms. The Morgan fingerprint density at radius 2 is 1.62 bits per heavy atom. The van der Waals surface area contributed by atoms with E-state index >= 15 is 0 Å². The van der Waals surface area contributed by atoms with Gasteiger partial charge >= 0.3 is 5.97 Å². The van der Waals surface area contributed by atoms with Crippen LogP contribution in [-0.4, -0.2) is 35.0 Å². The number of benzene rings is 2. The molecule has 1 aliphatic rings. The lowest BCUT2D eigenvalue weighted by Gasteiger charge is -2.39. The SMILES string of the molecule is CCCc1ccc(C(=O)N2CCC(C(=O)O)(c3ccccc3)CC2)cc1. The Labute approximate surface area is 154 Å². The third kappa shape index (κ3) is 3.50. The molecule has 1 heterocycles. The third-order valence-electron chi connectivity index (χ3n) is 5.38. The van der Waals surface area contributed by atoms with Gasteiger partial charge in [0.2, 0.25) is 0 Å². The predicted molar refractivity (Wildman–Crippen MR) is 101 cm³/mol. The highest BCUT2D eigenvalue weighted by atomic mass is 16.4. The average molecular weight is 351 g/mol. The van der Waals surface area contributed by atoms with Gasteiger partial charge in [-0.25, -0.2) is 0 Å². The van der Waals surface area contributed by atoms with Crippen LogP contribution in [0.4, 0.5) is 0 Å². The van der Waals surface area contributed by atoms with Crippen LogP contribution in [0.1, 0.15) is 47.7 Å². The van der Waals surface area contributed by atoms with Crippen LogP contribution in [0.2, 0.25) is 0 Å². The number of carboxylic acids is 1. The monoisotopic (exact) mass is 351 g/mol. The van der Waals surface area contributed by atoms with Crippen molar-refractivity contribution in [3.05, 3.63) is 71.3 Å². The molecule has 0 radical (unpaired) electrons. The van der Waals surface area contributed by atoms with Gasteiger partial charge in [-0.1, -0.05) is 55.8 Å². The van der Waals surface area contributed by atoms with E-state index in [1.54, 1.807) is 4.90 Å². The van der Waals surface area contributed by atoms with E-state index < -0.39 is 11.4 Å². The summed E-state index contributed by atoms with van der Waals surface area (Å²) in [7, 11) is 0. The van der Waals surface area contributed by atoms with Crippen molar-refractivity contribution in [1.82, 2.24) is 4.90 Å². The molecule has 0 aliphatic carbocycles. The van der Waals surface area contributed by atoms with E-state index in [1.165, 1.54) is 5.56 Å². The molecule has 0 spiro atoms. The maximum Gasteiger partial charge on any atom is 0.314 e. The Bertz CT molecular complexity index is 760. The lowest BCUT2D eigenvalue weighted by Crippen LogP contribution is -2.49. The summed E-state index contributed by atoms with van der Waals surface area (Å²) in [5.74, 6) is -0.820. The molecule has 2 aromatic carbocycles. The molecule has 4 nitrogen and oxygen atoms in total. The van der Waals surface area contributed by atoms with E-state index in [0.29, 0.717) is 31.5 Å². The van der Waals surface area contributed by atoms with Crippen LogP contribution in [0.25, 0.3) is 0 Å². The minimum Gasteiger partial charge on any atom is -0.481 e. The van der Waals surface area contributed by atoms with Gasteiger partial charge in [-0.05, 0) is 42.5 Å². The van der Waals surface area contributed by atoms with Gasteiger partial charge in [0.15, 0.2) is 0 Å². The lowest BCUT2D eigenvalue weighted by atomic mass is 9.73. The van der Waals surface area contributed by atoms with E-state index in [1.807, 2.05) is 54.6 Å².